The molecule has 1 aromatic carbocycles. The van der Waals surface area contributed by atoms with Gasteiger partial charge < -0.3 is 10.0 Å². The van der Waals surface area contributed by atoms with Crippen molar-refractivity contribution in [2.24, 2.45) is 0 Å². The van der Waals surface area contributed by atoms with Crippen molar-refractivity contribution >= 4 is 5.97 Å². The molecule has 2 heterocycles. The molecular weight excluding hydrogens is 304 g/mol. The van der Waals surface area contributed by atoms with Crippen LogP contribution in [0, 0.1) is 11.6 Å². The zero-order valence-corrected chi connectivity index (χ0v) is 12.7. The number of carbonyl (C=O) groups is 1. The van der Waals surface area contributed by atoms with E-state index >= 15 is 0 Å². The highest BCUT2D eigenvalue weighted by molar-refractivity contribution is 5.67. The molecule has 0 amide bonds. The van der Waals surface area contributed by atoms with Crippen molar-refractivity contribution < 1.29 is 18.7 Å². The quantitative estimate of drug-likeness (QED) is 0.939. The van der Waals surface area contributed by atoms with Gasteiger partial charge in [-0.25, -0.2) is 8.78 Å². The van der Waals surface area contributed by atoms with Crippen LogP contribution in [-0.2, 0) is 24.3 Å². The maximum atomic E-state index is 13.5. The van der Waals surface area contributed by atoms with Crippen LogP contribution in [0.1, 0.15) is 17.7 Å². The molecule has 0 bridgehead atoms. The lowest BCUT2D eigenvalue weighted by molar-refractivity contribution is -0.137. The topological polar surface area (TPSA) is 58.4 Å². The molecular formula is C16H17F2N3O2. The van der Waals surface area contributed by atoms with Gasteiger partial charge in [0.05, 0.1) is 18.7 Å². The zero-order valence-electron chi connectivity index (χ0n) is 12.7. The summed E-state index contributed by atoms with van der Waals surface area (Å²) in [7, 11) is 1.97. The summed E-state index contributed by atoms with van der Waals surface area (Å²) in [6, 6.07) is 3.33. The Balaban J connectivity index is 2.07. The van der Waals surface area contributed by atoms with Crippen molar-refractivity contribution in [3.05, 3.63) is 41.1 Å². The van der Waals surface area contributed by atoms with Crippen molar-refractivity contribution in [1.29, 1.82) is 0 Å². The molecule has 0 aliphatic carbocycles. The van der Waals surface area contributed by atoms with Crippen LogP contribution in [0.5, 0.6) is 0 Å². The highest BCUT2D eigenvalue weighted by Crippen LogP contribution is 2.30. The Morgan fingerprint density at radius 3 is 2.65 bits per heavy atom. The highest BCUT2D eigenvalue weighted by Gasteiger charge is 2.24. The van der Waals surface area contributed by atoms with Gasteiger partial charge in [-0.3, -0.25) is 9.48 Å². The molecule has 1 aliphatic heterocycles. The van der Waals surface area contributed by atoms with E-state index in [0.29, 0.717) is 17.8 Å². The molecule has 5 nitrogen and oxygen atoms in total. The molecule has 0 saturated heterocycles. The van der Waals surface area contributed by atoms with Crippen LogP contribution >= 0.6 is 0 Å². The fourth-order valence-corrected chi connectivity index (χ4v) is 2.93. The molecule has 1 aliphatic rings. The van der Waals surface area contributed by atoms with Gasteiger partial charge in [-0.2, -0.15) is 5.10 Å². The first kappa shape index (κ1) is 15.6. The van der Waals surface area contributed by atoms with Gasteiger partial charge >= 0.3 is 5.97 Å². The van der Waals surface area contributed by atoms with E-state index in [9.17, 15) is 13.6 Å². The minimum absolute atomic E-state index is 0.0408. The molecule has 0 radical (unpaired) electrons. The number of hydrogen-bond donors (Lipinski definition) is 1. The van der Waals surface area contributed by atoms with Crippen LogP contribution in [0.25, 0.3) is 11.3 Å². The Kier molecular flexibility index (Phi) is 4.12. The maximum absolute atomic E-state index is 13.5. The van der Waals surface area contributed by atoms with E-state index in [2.05, 4.69) is 10.00 Å². The number of nitrogens with zero attached hydrogens (tertiary/aromatic N) is 3. The SMILES string of the molecule is CN1CCc2c(c(-c3cc(F)cc(F)c3)nn2CCC(=O)O)C1. The Hall–Kier alpha value is -2.28. The van der Waals surface area contributed by atoms with Crippen LogP contribution in [0.3, 0.4) is 0 Å². The third-order valence-electron chi connectivity index (χ3n) is 4.00. The van der Waals surface area contributed by atoms with Crippen molar-refractivity contribution in [2.45, 2.75) is 25.9 Å². The fourth-order valence-electron chi connectivity index (χ4n) is 2.93. The fraction of sp³-hybridized carbons (Fsp3) is 0.375. The molecule has 0 spiro atoms. The van der Waals surface area contributed by atoms with Crippen LogP contribution in [-0.4, -0.2) is 39.3 Å². The zero-order chi connectivity index (χ0) is 16.6. The number of aromatic nitrogens is 2. The van der Waals surface area contributed by atoms with E-state index in [4.69, 9.17) is 5.11 Å². The molecule has 0 fully saturated rings. The van der Waals surface area contributed by atoms with Gasteiger partial charge in [0.25, 0.3) is 0 Å². The Morgan fingerprint density at radius 2 is 2.00 bits per heavy atom. The number of fused-ring (bicyclic) bond motifs is 1. The first-order chi connectivity index (χ1) is 10.9. The molecule has 7 heteroatoms. The largest absolute Gasteiger partial charge is 0.481 e. The number of halogens is 2. The summed E-state index contributed by atoms with van der Waals surface area (Å²) in [5.41, 5.74) is 2.76. The number of aliphatic carboxylic acids is 1. The first-order valence-electron chi connectivity index (χ1n) is 7.39. The summed E-state index contributed by atoms with van der Waals surface area (Å²) in [4.78, 5) is 12.9. The lowest BCUT2D eigenvalue weighted by atomic mass is 10.0. The minimum Gasteiger partial charge on any atom is -0.481 e. The molecule has 1 aromatic heterocycles. The monoisotopic (exact) mass is 321 g/mol. The lowest BCUT2D eigenvalue weighted by Gasteiger charge is -2.23. The van der Waals surface area contributed by atoms with Gasteiger partial charge in [-0.15, -0.1) is 0 Å². The second-order valence-corrected chi connectivity index (χ2v) is 5.79. The normalized spacial score (nSPS) is 14.7. The smallest absolute Gasteiger partial charge is 0.305 e. The average molecular weight is 321 g/mol. The van der Waals surface area contributed by atoms with Crippen LogP contribution < -0.4 is 0 Å². The molecule has 122 valence electrons. The first-order valence-corrected chi connectivity index (χ1v) is 7.39. The van der Waals surface area contributed by atoms with Gasteiger partial charge in [0.1, 0.15) is 11.6 Å². The van der Waals surface area contributed by atoms with E-state index in [0.717, 1.165) is 30.3 Å². The molecule has 0 saturated carbocycles. The van der Waals surface area contributed by atoms with Gasteiger partial charge in [-0.1, -0.05) is 0 Å². The highest BCUT2D eigenvalue weighted by atomic mass is 19.1. The third-order valence-corrected chi connectivity index (χ3v) is 4.00. The van der Waals surface area contributed by atoms with E-state index in [-0.39, 0.29) is 13.0 Å². The van der Waals surface area contributed by atoms with E-state index < -0.39 is 17.6 Å². The van der Waals surface area contributed by atoms with Crippen molar-refractivity contribution in [3.63, 3.8) is 0 Å². The standard InChI is InChI=1S/C16H17F2N3O2/c1-20-4-2-14-13(9-20)16(19-21(14)5-3-15(22)23)10-6-11(17)8-12(18)7-10/h6-8H,2-5,9H2,1H3,(H,22,23). The Bertz CT molecular complexity index is 738. The number of rotatable bonds is 4. The van der Waals surface area contributed by atoms with Gasteiger partial charge in [-0.05, 0) is 19.2 Å². The van der Waals surface area contributed by atoms with E-state index in [1.165, 1.54) is 12.1 Å². The molecule has 23 heavy (non-hydrogen) atoms. The van der Waals surface area contributed by atoms with E-state index in [1.807, 2.05) is 7.05 Å². The second-order valence-electron chi connectivity index (χ2n) is 5.79. The van der Waals surface area contributed by atoms with Gasteiger partial charge in [0.2, 0.25) is 0 Å². The summed E-state index contributed by atoms with van der Waals surface area (Å²) < 4.78 is 28.7. The van der Waals surface area contributed by atoms with Crippen LogP contribution in [0.4, 0.5) is 8.78 Å². The van der Waals surface area contributed by atoms with E-state index in [1.54, 1.807) is 4.68 Å². The maximum Gasteiger partial charge on any atom is 0.305 e. The van der Waals surface area contributed by atoms with Crippen LogP contribution in [0.2, 0.25) is 0 Å². The van der Waals surface area contributed by atoms with Crippen molar-refractivity contribution in [3.8, 4) is 11.3 Å². The summed E-state index contributed by atoms with van der Waals surface area (Å²) in [6.45, 7) is 1.71. The van der Waals surface area contributed by atoms with Gasteiger partial charge in [0, 0.05) is 42.4 Å². The average Bonchev–Trinajstić information content (AvgIpc) is 2.82. The minimum atomic E-state index is -0.902. The molecule has 1 N–H and O–H groups in total. The number of benzene rings is 1. The second kappa shape index (κ2) is 6.08. The summed E-state index contributed by atoms with van der Waals surface area (Å²) >= 11 is 0. The Labute approximate surface area is 132 Å². The molecule has 0 atom stereocenters. The number of aryl methyl sites for hydroxylation is 1. The van der Waals surface area contributed by atoms with Crippen LogP contribution in [0.15, 0.2) is 18.2 Å². The predicted molar refractivity (Wildman–Crippen MR) is 79.9 cm³/mol. The lowest BCUT2D eigenvalue weighted by Crippen LogP contribution is -2.27. The van der Waals surface area contributed by atoms with Crippen molar-refractivity contribution in [1.82, 2.24) is 14.7 Å². The number of carboxylic acids is 1. The third kappa shape index (κ3) is 3.24. The summed E-state index contributed by atoms with van der Waals surface area (Å²) in [6.07, 6.45) is 0.692. The Morgan fingerprint density at radius 1 is 1.30 bits per heavy atom. The number of hydrogen-bond acceptors (Lipinski definition) is 3. The molecule has 0 unspecified atom stereocenters. The predicted octanol–water partition coefficient (Wildman–Crippen LogP) is 2.29. The summed E-state index contributed by atoms with van der Waals surface area (Å²) in [5.74, 6) is -2.21. The molecule has 2 aromatic rings. The number of likely N-dealkylation sites (N-methyl/N-ethyl adjacent to an activating group) is 1. The molecule has 3 rings (SSSR count). The number of carboxylic acid groups (broad SMARTS) is 1. The summed E-state index contributed by atoms with van der Waals surface area (Å²) in [5, 5.41) is 13.3. The van der Waals surface area contributed by atoms with Gasteiger partial charge in [0.15, 0.2) is 0 Å². The van der Waals surface area contributed by atoms with Crippen molar-refractivity contribution in [2.75, 3.05) is 13.6 Å².